The van der Waals surface area contributed by atoms with E-state index < -0.39 is 5.92 Å². The first kappa shape index (κ1) is 21.7. The summed E-state index contributed by atoms with van der Waals surface area (Å²) in [6, 6.07) is 15.3. The number of anilines is 1. The van der Waals surface area contributed by atoms with Crippen LogP contribution in [0.3, 0.4) is 0 Å². The number of para-hydroxylation sites is 2. The largest absolute Gasteiger partial charge is 0.490 e. The Morgan fingerprint density at radius 2 is 1.77 bits per heavy atom. The summed E-state index contributed by atoms with van der Waals surface area (Å²) in [7, 11) is 0. The van der Waals surface area contributed by atoms with E-state index in [1.165, 1.54) is 0 Å². The normalized spacial score (nSPS) is 19.5. The van der Waals surface area contributed by atoms with Gasteiger partial charge in [0, 0.05) is 42.6 Å². The lowest BCUT2D eigenvalue weighted by atomic mass is 10.0. The minimum absolute atomic E-state index is 0.0307. The number of benzene rings is 2. The second-order valence-electron chi connectivity index (χ2n) is 7.83. The lowest BCUT2D eigenvalue weighted by Crippen LogP contribution is -2.46. The molecule has 2 aliphatic heterocycles. The Bertz CT molecular complexity index is 943. The number of halogens is 1. The molecule has 2 saturated heterocycles. The van der Waals surface area contributed by atoms with Gasteiger partial charge in [0.05, 0.1) is 6.61 Å². The molecule has 0 saturated carbocycles. The van der Waals surface area contributed by atoms with Crippen LogP contribution in [0.25, 0.3) is 0 Å². The zero-order valence-electron chi connectivity index (χ0n) is 17.6. The van der Waals surface area contributed by atoms with Gasteiger partial charge in [-0.25, -0.2) is 0 Å². The zero-order chi connectivity index (χ0) is 21.8. The van der Waals surface area contributed by atoms with Gasteiger partial charge >= 0.3 is 0 Å². The van der Waals surface area contributed by atoms with E-state index >= 15 is 0 Å². The Morgan fingerprint density at radius 1 is 1.03 bits per heavy atom. The van der Waals surface area contributed by atoms with Crippen LogP contribution in [0.1, 0.15) is 26.2 Å². The Labute approximate surface area is 191 Å². The number of hydrogen-bond acceptors (Lipinski definition) is 4. The monoisotopic (exact) mass is 486 g/mol. The molecule has 6 nitrogen and oxygen atoms in total. The number of amides is 2. The molecule has 0 aliphatic carbocycles. The molecule has 2 aromatic rings. The molecule has 31 heavy (non-hydrogen) atoms. The van der Waals surface area contributed by atoms with Gasteiger partial charge in [-0.3, -0.25) is 9.59 Å². The van der Waals surface area contributed by atoms with E-state index in [0.717, 1.165) is 34.5 Å². The number of carbonyl (C=O) groups is 2. The van der Waals surface area contributed by atoms with E-state index in [1.54, 1.807) is 4.90 Å². The Hall–Kier alpha value is -2.54. The maximum absolute atomic E-state index is 13.1. The number of piperidine rings is 1. The number of carbonyl (C=O) groups excluding carboxylic acids is 2. The first-order chi connectivity index (χ1) is 15.1. The minimum atomic E-state index is -0.588. The summed E-state index contributed by atoms with van der Waals surface area (Å²) < 4.78 is 12.7. The van der Waals surface area contributed by atoms with Crippen molar-refractivity contribution in [3.63, 3.8) is 0 Å². The van der Waals surface area contributed by atoms with E-state index in [9.17, 15) is 9.59 Å². The molecule has 2 fully saturated rings. The van der Waals surface area contributed by atoms with Crippen LogP contribution in [-0.4, -0.2) is 49.1 Å². The third-order valence-electron chi connectivity index (χ3n) is 5.82. The average molecular weight is 487 g/mol. The fraction of sp³-hybridized carbons (Fsp3) is 0.417. The molecule has 0 spiro atoms. The predicted molar refractivity (Wildman–Crippen MR) is 122 cm³/mol. The molecule has 0 bridgehead atoms. The minimum Gasteiger partial charge on any atom is -0.490 e. The summed E-state index contributed by atoms with van der Waals surface area (Å²) in [6.07, 6.45) is 2.07. The van der Waals surface area contributed by atoms with E-state index in [2.05, 4.69) is 15.9 Å². The smallest absolute Gasteiger partial charge is 0.239 e. The molecular formula is C24H27BrN2O4. The van der Waals surface area contributed by atoms with Crippen molar-refractivity contribution in [1.82, 2.24) is 4.90 Å². The van der Waals surface area contributed by atoms with Crippen LogP contribution in [0.4, 0.5) is 5.69 Å². The van der Waals surface area contributed by atoms with Crippen molar-refractivity contribution in [2.45, 2.75) is 32.3 Å². The molecule has 2 amide bonds. The molecule has 1 unspecified atom stereocenters. The second kappa shape index (κ2) is 9.73. The van der Waals surface area contributed by atoms with Crippen LogP contribution in [0.5, 0.6) is 11.5 Å². The SMILES string of the molecule is CCOc1ccccc1OC1CCN(C(=O)C2CCN(c3cccc(Br)c3)C2=O)CC1. The highest BCUT2D eigenvalue weighted by atomic mass is 79.9. The fourth-order valence-electron chi connectivity index (χ4n) is 4.23. The number of nitrogens with zero attached hydrogens (tertiary/aromatic N) is 2. The third kappa shape index (κ3) is 4.87. The Balaban J connectivity index is 1.33. The maximum atomic E-state index is 13.1. The highest BCUT2D eigenvalue weighted by Crippen LogP contribution is 2.31. The van der Waals surface area contributed by atoms with Crippen molar-refractivity contribution in [3.8, 4) is 11.5 Å². The summed E-state index contributed by atoms with van der Waals surface area (Å²) in [6.45, 7) is 4.30. The molecule has 164 valence electrons. The van der Waals surface area contributed by atoms with Crippen molar-refractivity contribution >= 4 is 33.4 Å². The number of ether oxygens (including phenoxy) is 2. The Kier molecular flexibility index (Phi) is 6.80. The zero-order valence-corrected chi connectivity index (χ0v) is 19.2. The van der Waals surface area contributed by atoms with Crippen molar-refractivity contribution in [1.29, 1.82) is 0 Å². The van der Waals surface area contributed by atoms with Crippen LogP contribution in [0.2, 0.25) is 0 Å². The lowest BCUT2D eigenvalue weighted by molar-refractivity contribution is -0.141. The van der Waals surface area contributed by atoms with Crippen LogP contribution in [0, 0.1) is 5.92 Å². The molecule has 7 heteroatoms. The molecule has 2 aliphatic rings. The van der Waals surface area contributed by atoms with E-state index in [1.807, 2.05) is 60.4 Å². The van der Waals surface area contributed by atoms with Gasteiger partial charge in [-0.15, -0.1) is 0 Å². The molecule has 2 heterocycles. The van der Waals surface area contributed by atoms with Crippen LogP contribution >= 0.6 is 15.9 Å². The van der Waals surface area contributed by atoms with Crippen molar-refractivity contribution in [3.05, 3.63) is 53.0 Å². The third-order valence-corrected chi connectivity index (χ3v) is 6.31. The van der Waals surface area contributed by atoms with Gasteiger partial charge in [-0.2, -0.15) is 0 Å². The van der Waals surface area contributed by atoms with Gasteiger partial charge in [-0.1, -0.05) is 34.1 Å². The molecule has 0 aromatic heterocycles. The summed E-state index contributed by atoms with van der Waals surface area (Å²) >= 11 is 3.45. The summed E-state index contributed by atoms with van der Waals surface area (Å²) in [4.78, 5) is 29.5. The van der Waals surface area contributed by atoms with Crippen LogP contribution in [0.15, 0.2) is 53.0 Å². The topological polar surface area (TPSA) is 59.1 Å². The van der Waals surface area contributed by atoms with Gasteiger partial charge in [0.1, 0.15) is 12.0 Å². The quantitative estimate of drug-likeness (QED) is 0.572. The van der Waals surface area contributed by atoms with E-state index in [0.29, 0.717) is 32.7 Å². The van der Waals surface area contributed by atoms with E-state index in [4.69, 9.17) is 9.47 Å². The van der Waals surface area contributed by atoms with Gasteiger partial charge in [0.15, 0.2) is 11.5 Å². The van der Waals surface area contributed by atoms with Crippen molar-refractivity contribution in [2.75, 3.05) is 31.1 Å². The molecule has 0 radical (unpaired) electrons. The van der Waals surface area contributed by atoms with Crippen LogP contribution in [-0.2, 0) is 9.59 Å². The van der Waals surface area contributed by atoms with Gasteiger partial charge < -0.3 is 19.3 Å². The Morgan fingerprint density at radius 3 is 2.48 bits per heavy atom. The van der Waals surface area contributed by atoms with Crippen LogP contribution < -0.4 is 14.4 Å². The summed E-state index contributed by atoms with van der Waals surface area (Å²) in [5.74, 6) is 0.732. The first-order valence-corrected chi connectivity index (χ1v) is 11.6. The molecule has 0 N–H and O–H groups in total. The number of rotatable bonds is 6. The summed E-state index contributed by atoms with van der Waals surface area (Å²) in [5, 5.41) is 0. The number of likely N-dealkylation sites (tertiary alicyclic amines) is 1. The highest BCUT2D eigenvalue weighted by molar-refractivity contribution is 9.10. The highest BCUT2D eigenvalue weighted by Gasteiger charge is 2.40. The van der Waals surface area contributed by atoms with Gasteiger partial charge in [0.25, 0.3) is 0 Å². The molecule has 2 aromatic carbocycles. The molecular weight excluding hydrogens is 460 g/mol. The lowest BCUT2D eigenvalue weighted by Gasteiger charge is -2.33. The standard InChI is InChI=1S/C24H27BrN2O4/c1-2-30-21-8-3-4-9-22(21)31-19-10-13-26(14-11-19)23(28)20-12-15-27(24(20)29)18-7-5-6-17(25)16-18/h3-9,16,19-20H,2,10-15H2,1H3. The molecule has 1 atom stereocenters. The second-order valence-corrected chi connectivity index (χ2v) is 8.75. The maximum Gasteiger partial charge on any atom is 0.239 e. The summed E-state index contributed by atoms with van der Waals surface area (Å²) in [5.41, 5.74) is 0.828. The average Bonchev–Trinajstić information content (AvgIpc) is 3.16. The van der Waals surface area contributed by atoms with E-state index in [-0.39, 0.29) is 17.9 Å². The predicted octanol–water partition coefficient (Wildman–Crippen LogP) is 4.27. The van der Waals surface area contributed by atoms with Crippen molar-refractivity contribution < 1.29 is 19.1 Å². The fourth-order valence-corrected chi connectivity index (χ4v) is 4.61. The van der Waals surface area contributed by atoms with Gasteiger partial charge in [-0.05, 0) is 43.7 Å². The first-order valence-electron chi connectivity index (χ1n) is 10.8. The number of hydrogen-bond donors (Lipinski definition) is 0. The molecule has 4 rings (SSSR count). The van der Waals surface area contributed by atoms with Crippen molar-refractivity contribution in [2.24, 2.45) is 5.92 Å². The van der Waals surface area contributed by atoms with Gasteiger partial charge in [0.2, 0.25) is 11.8 Å².